The zero-order valence-electron chi connectivity index (χ0n) is 37.1. The van der Waals surface area contributed by atoms with Crippen LogP contribution in [0.1, 0.15) is 57.1 Å². The Hall–Kier alpha value is -7.18. The third-order valence-electron chi connectivity index (χ3n) is 10.6. The first-order valence-electron chi connectivity index (χ1n) is 21.5. The summed E-state index contributed by atoms with van der Waals surface area (Å²) in [4.78, 5) is 123. The van der Waals surface area contributed by atoms with E-state index >= 15 is 0 Å². The number of carboxylic acid groups (broad SMARTS) is 2. The SMILES string of the molecule is C[C@@H](O)[C@H](N)C(=O)N[C@@H](CCCN=C(N)N)C(=O)N[C@H](C(=O)NCC(=O)N[C@@H](CC(=O)O)C(=O)N1CCC[C@H]1C(=O)N[C@@H](Cc1ccccc1)C(=O)N[C@@H](Cc1ccccc1)C(=O)O)[C@@H](C)O. The molecule has 1 heterocycles. The maximum atomic E-state index is 13.9. The van der Waals surface area contributed by atoms with Crippen LogP contribution in [-0.2, 0) is 56.0 Å². The predicted octanol–water partition coefficient (Wildman–Crippen LogP) is -4.30. The van der Waals surface area contributed by atoms with Gasteiger partial charge in [0.15, 0.2) is 5.96 Å². The second-order valence-electron chi connectivity index (χ2n) is 16.0. The predicted molar refractivity (Wildman–Crippen MR) is 239 cm³/mol. The van der Waals surface area contributed by atoms with Crippen molar-refractivity contribution in [3.05, 3.63) is 71.8 Å². The minimum atomic E-state index is -1.75. The summed E-state index contributed by atoms with van der Waals surface area (Å²) in [6, 6.07) is 7.02. The molecule has 24 heteroatoms. The number of likely N-dealkylation sites (tertiary alicyclic amines) is 1. The standard InChI is InChI=1S/C43H61N11O13/c1-23(55)34(44)39(63)50-27(15-9-17-47-43(45)46)36(60)53-35(24(2)56)40(64)48-22-32(57)49-29(21-33(58)59)41(65)54-18-10-16-31(54)38(62)51-28(19-25-11-5-3-6-12-25)37(61)52-30(42(66)67)20-26-13-7-4-8-14-26/h3-8,11-14,23-24,27-31,34-35,55-56H,9-10,15-22,44H2,1-2H3,(H,48,64)(H,49,57)(H,50,63)(H,51,62)(H,52,61)(H,53,60)(H,58,59)(H,66,67)(H4,45,46,47)/t23-,24-,27+,28+,29+,30+,31+,34+,35+/m1/s1. The van der Waals surface area contributed by atoms with Crippen molar-refractivity contribution in [3.8, 4) is 0 Å². The van der Waals surface area contributed by atoms with E-state index in [4.69, 9.17) is 17.2 Å². The van der Waals surface area contributed by atoms with Crippen molar-refractivity contribution < 1.29 is 63.6 Å². The number of hydrogen-bond donors (Lipinski definition) is 13. The van der Waals surface area contributed by atoms with E-state index < -0.39 is 121 Å². The molecular weight excluding hydrogens is 879 g/mol. The van der Waals surface area contributed by atoms with E-state index in [-0.39, 0.29) is 57.6 Å². The van der Waals surface area contributed by atoms with Gasteiger partial charge in [0.1, 0.15) is 42.3 Å². The number of nitrogens with zero attached hydrogens (tertiary/aromatic N) is 2. The monoisotopic (exact) mass is 939 g/mol. The molecule has 0 aliphatic carbocycles. The lowest BCUT2D eigenvalue weighted by molar-refractivity contribution is -0.146. The summed E-state index contributed by atoms with van der Waals surface area (Å²) in [5.74, 6) is -9.63. The molecular formula is C43H61N11O13. The third-order valence-corrected chi connectivity index (χ3v) is 10.6. The van der Waals surface area contributed by atoms with E-state index in [1.807, 2.05) is 0 Å². The maximum Gasteiger partial charge on any atom is 0.326 e. The zero-order valence-corrected chi connectivity index (χ0v) is 37.1. The maximum absolute atomic E-state index is 13.9. The van der Waals surface area contributed by atoms with E-state index in [1.54, 1.807) is 60.7 Å². The summed E-state index contributed by atoms with van der Waals surface area (Å²) >= 11 is 0. The highest BCUT2D eigenvalue weighted by Gasteiger charge is 2.40. The fourth-order valence-electron chi connectivity index (χ4n) is 6.97. The van der Waals surface area contributed by atoms with Gasteiger partial charge in [-0.2, -0.15) is 0 Å². The Bertz CT molecular complexity index is 2070. The van der Waals surface area contributed by atoms with Crippen molar-refractivity contribution >= 4 is 59.2 Å². The van der Waals surface area contributed by atoms with Crippen LogP contribution in [-0.4, -0.2) is 159 Å². The average molecular weight is 940 g/mol. The van der Waals surface area contributed by atoms with Gasteiger partial charge in [0.25, 0.3) is 0 Å². The number of aliphatic hydroxyl groups is 2. The molecule has 0 radical (unpaired) electrons. The number of carbonyl (C=O) groups is 9. The number of guanidine groups is 1. The summed E-state index contributed by atoms with van der Waals surface area (Å²) in [6.45, 7) is 1.54. The summed E-state index contributed by atoms with van der Waals surface area (Å²) in [5.41, 5.74) is 17.6. The number of amides is 7. The Labute approximate surface area is 385 Å². The number of aliphatic imine (C=N–C) groups is 1. The number of carboxylic acids is 2. The molecule has 2 aromatic carbocycles. The molecule has 1 aliphatic rings. The van der Waals surface area contributed by atoms with Gasteiger partial charge in [0.2, 0.25) is 41.4 Å². The first kappa shape index (κ1) is 54.2. The molecule has 2 aromatic rings. The van der Waals surface area contributed by atoms with Gasteiger partial charge in [-0.3, -0.25) is 43.3 Å². The largest absolute Gasteiger partial charge is 0.481 e. The lowest BCUT2D eigenvalue weighted by Crippen LogP contribution is -2.60. The smallest absolute Gasteiger partial charge is 0.326 e. The van der Waals surface area contributed by atoms with Crippen molar-refractivity contribution in [2.45, 2.75) is 113 Å². The molecule has 1 fully saturated rings. The van der Waals surface area contributed by atoms with Crippen molar-refractivity contribution in [3.63, 3.8) is 0 Å². The van der Waals surface area contributed by atoms with Crippen LogP contribution in [0.5, 0.6) is 0 Å². The molecule has 0 spiro atoms. The molecule has 0 saturated carbocycles. The van der Waals surface area contributed by atoms with Gasteiger partial charge in [-0.1, -0.05) is 60.7 Å². The van der Waals surface area contributed by atoms with Crippen LogP contribution in [0, 0.1) is 0 Å². The molecule has 1 saturated heterocycles. The number of hydrogen-bond acceptors (Lipinski definition) is 13. The number of aliphatic hydroxyl groups excluding tert-OH is 2. The minimum Gasteiger partial charge on any atom is -0.481 e. The molecule has 0 aromatic heterocycles. The highest BCUT2D eigenvalue weighted by molar-refractivity contribution is 5.98. The fourth-order valence-corrected chi connectivity index (χ4v) is 6.97. The van der Waals surface area contributed by atoms with Crippen LogP contribution in [0.25, 0.3) is 0 Å². The second kappa shape index (κ2) is 26.7. The van der Waals surface area contributed by atoms with Crippen LogP contribution in [0.4, 0.5) is 0 Å². The van der Waals surface area contributed by atoms with Gasteiger partial charge < -0.3 is 74.4 Å². The van der Waals surface area contributed by atoms with E-state index in [9.17, 15) is 63.6 Å². The number of rotatable bonds is 26. The number of nitrogens with two attached hydrogens (primary N) is 3. The van der Waals surface area contributed by atoms with Crippen molar-refractivity contribution in [2.24, 2.45) is 22.2 Å². The van der Waals surface area contributed by atoms with Gasteiger partial charge in [0, 0.05) is 25.9 Å². The average Bonchev–Trinajstić information content (AvgIpc) is 3.78. The Morgan fingerprint density at radius 3 is 1.82 bits per heavy atom. The molecule has 67 heavy (non-hydrogen) atoms. The molecule has 9 atom stereocenters. The van der Waals surface area contributed by atoms with Gasteiger partial charge >= 0.3 is 11.9 Å². The molecule has 24 nitrogen and oxygen atoms in total. The topological polar surface area (TPSA) is 400 Å². The molecule has 7 amide bonds. The first-order valence-corrected chi connectivity index (χ1v) is 21.5. The molecule has 16 N–H and O–H groups in total. The Kier molecular flexibility index (Phi) is 21.6. The van der Waals surface area contributed by atoms with Crippen molar-refractivity contribution in [1.29, 1.82) is 0 Å². The number of carbonyl (C=O) groups excluding carboxylic acids is 7. The van der Waals surface area contributed by atoms with Crippen molar-refractivity contribution in [1.82, 2.24) is 36.8 Å². The molecule has 3 rings (SSSR count). The highest BCUT2D eigenvalue weighted by Crippen LogP contribution is 2.20. The quantitative estimate of drug-likeness (QED) is 0.0241. The zero-order chi connectivity index (χ0) is 49.8. The Morgan fingerprint density at radius 1 is 0.716 bits per heavy atom. The minimum absolute atomic E-state index is 0.0379. The number of nitrogens with one attached hydrogen (secondary N) is 6. The van der Waals surface area contributed by atoms with Gasteiger partial charge in [-0.05, 0) is 50.7 Å². The van der Waals surface area contributed by atoms with Crippen LogP contribution >= 0.6 is 0 Å². The Balaban J connectivity index is 1.72. The molecule has 366 valence electrons. The molecule has 0 bridgehead atoms. The summed E-state index contributed by atoms with van der Waals surface area (Å²) in [6.07, 6.45) is -3.47. The first-order chi connectivity index (χ1) is 31.7. The van der Waals surface area contributed by atoms with Gasteiger partial charge in [0.05, 0.1) is 25.2 Å². The van der Waals surface area contributed by atoms with Crippen molar-refractivity contribution in [2.75, 3.05) is 19.6 Å². The summed E-state index contributed by atoms with van der Waals surface area (Å²) in [5, 5.41) is 54.1. The van der Waals surface area contributed by atoms with E-state index in [0.29, 0.717) is 11.1 Å². The Morgan fingerprint density at radius 2 is 1.28 bits per heavy atom. The lowest BCUT2D eigenvalue weighted by atomic mass is 10.0. The normalized spacial score (nSPS) is 16.8. The molecule has 1 aliphatic heterocycles. The van der Waals surface area contributed by atoms with Crippen LogP contribution < -0.4 is 49.1 Å². The fraction of sp³-hybridized carbons (Fsp3) is 0.488. The highest BCUT2D eigenvalue weighted by atomic mass is 16.4. The van der Waals surface area contributed by atoms with E-state index in [2.05, 4.69) is 36.9 Å². The van der Waals surface area contributed by atoms with Crippen LogP contribution in [0.2, 0.25) is 0 Å². The van der Waals surface area contributed by atoms with E-state index in [0.717, 1.165) is 11.8 Å². The summed E-state index contributed by atoms with van der Waals surface area (Å²) in [7, 11) is 0. The number of aliphatic carboxylic acids is 2. The molecule has 0 unspecified atom stereocenters. The number of benzene rings is 2. The second-order valence-corrected chi connectivity index (χ2v) is 16.0. The van der Waals surface area contributed by atoms with Gasteiger partial charge in [-0.25, -0.2) is 4.79 Å². The van der Waals surface area contributed by atoms with Crippen LogP contribution in [0.3, 0.4) is 0 Å². The summed E-state index contributed by atoms with van der Waals surface area (Å²) < 4.78 is 0. The lowest BCUT2D eigenvalue weighted by Gasteiger charge is -2.30. The van der Waals surface area contributed by atoms with E-state index in [1.165, 1.54) is 6.92 Å². The third kappa shape index (κ3) is 18.0. The van der Waals surface area contributed by atoms with Crippen LogP contribution in [0.15, 0.2) is 65.7 Å². The van der Waals surface area contributed by atoms with Gasteiger partial charge in [-0.15, -0.1) is 0 Å².